The largest absolute Gasteiger partial charge is 0.514 e. The number of carboxylic acid groups (broad SMARTS) is 1. The minimum Gasteiger partial charge on any atom is -0.478 e. The molecule has 0 spiro atoms. The first-order valence-corrected chi connectivity index (χ1v) is 7.95. The van der Waals surface area contributed by atoms with E-state index >= 15 is 0 Å². The van der Waals surface area contributed by atoms with E-state index in [1.807, 2.05) is 60.7 Å². The molecule has 0 aliphatic heterocycles. The van der Waals surface area contributed by atoms with Crippen molar-refractivity contribution < 1.29 is 24.2 Å². The van der Waals surface area contributed by atoms with Crippen molar-refractivity contribution in [3.8, 4) is 16.9 Å². The van der Waals surface area contributed by atoms with Crippen LogP contribution in [0.4, 0.5) is 4.79 Å². The van der Waals surface area contributed by atoms with Gasteiger partial charge in [0.2, 0.25) is 0 Å². The van der Waals surface area contributed by atoms with Gasteiger partial charge < -0.3 is 14.6 Å². The quantitative estimate of drug-likeness (QED) is 0.531. The summed E-state index contributed by atoms with van der Waals surface area (Å²) in [6, 6.07) is 22.8. The smallest absolute Gasteiger partial charge is 0.478 e. The highest BCUT2D eigenvalue weighted by atomic mass is 16.7. The molecule has 0 radical (unpaired) electrons. The van der Waals surface area contributed by atoms with Crippen molar-refractivity contribution >= 4 is 12.1 Å². The van der Waals surface area contributed by atoms with Gasteiger partial charge in [-0.15, -0.1) is 0 Å². The first kappa shape index (κ1) is 17.2. The van der Waals surface area contributed by atoms with Gasteiger partial charge in [-0.05, 0) is 29.3 Å². The Balaban J connectivity index is 1.81. The molecule has 0 saturated carbocycles. The van der Waals surface area contributed by atoms with Gasteiger partial charge in [0.25, 0.3) is 0 Å². The maximum atomic E-state index is 12.1. The Morgan fingerprint density at radius 1 is 0.846 bits per heavy atom. The fourth-order valence-corrected chi connectivity index (χ4v) is 2.43. The molecule has 0 amide bonds. The van der Waals surface area contributed by atoms with Crippen molar-refractivity contribution in [2.45, 2.75) is 6.61 Å². The molecule has 130 valence electrons. The van der Waals surface area contributed by atoms with E-state index in [1.165, 1.54) is 12.1 Å². The van der Waals surface area contributed by atoms with Crippen molar-refractivity contribution in [2.75, 3.05) is 0 Å². The Labute approximate surface area is 150 Å². The number of carboxylic acids is 1. The average molecular weight is 348 g/mol. The molecular formula is C21H16O5. The summed E-state index contributed by atoms with van der Waals surface area (Å²) in [6.45, 7) is 0.0684. The fourth-order valence-electron chi connectivity index (χ4n) is 2.43. The molecule has 26 heavy (non-hydrogen) atoms. The summed E-state index contributed by atoms with van der Waals surface area (Å²) >= 11 is 0. The van der Waals surface area contributed by atoms with Crippen LogP contribution in [0.2, 0.25) is 0 Å². The molecule has 5 heteroatoms. The molecule has 0 heterocycles. The van der Waals surface area contributed by atoms with Gasteiger partial charge in [0.15, 0.2) is 0 Å². The first-order valence-electron chi connectivity index (χ1n) is 7.95. The van der Waals surface area contributed by atoms with Crippen LogP contribution in [0, 0.1) is 0 Å². The Morgan fingerprint density at radius 3 is 2.15 bits per heavy atom. The van der Waals surface area contributed by atoms with E-state index < -0.39 is 12.1 Å². The number of carbonyl (C=O) groups is 2. The maximum absolute atomic E-state index is 12.1. The Kier molecular flexibility index (Phi) is 5.29. The third-order valence-corrected chi connectivity index (χ3v) is 3.71. The lowest BCUT2D eigenvalue weighted by Gasteiger charge is -2.11. The molecule has 0 unspecified atom stereocenters. The lowest BCUT2D eigenvalue weighted by molar-refractivity contribution is 0.0694. The lowest BCUT2D eigenvalue weighted by atomic mass is 10.0. The lowest BCUT2D eigenvalue weighted by Crippen LogP contribution is -2.11. The van der Waals surface area contributed by atoms with Crippen LogP contribution in [0.15, 0.2) is 78.9 Å². The number of ether oxygens (including phenoxy) is 2. The minimum atomic E-state index is -1.10. The maximum Gasteiger partial charge on any atom is 0.514 e. The predicted octanol–water partition coefficient (Wildman–Crippen LogP) is 4.77. The summed E-state index contributed by atoms with van der Waals surface area (Å²) < 4.78 is 10.4. The summed E-state index contributed by atoms with van der Waals surface area (Å²) in [4.78, 5) is 23.3. The molecule has 1 N–H and O–H groups in total. The van der Waals surface area contributed by atoms with E-state index in [-0.39, 0.29) is 17.9 Å². The monoisotopic (exact) mass is 348 g/mol. The topological polar surface area (TPSA) is 72.8 Å². The van der Waals surface area contributed by atoms with Crippen molar-refractivity contribution in [1.29, 1.82) is 0 Å². The SMILES string of the molecule is O=C(OCc1ccccc1)Oc1cc(C(=O)O)ccc1-c1ccccc1. The molecule has 3 rings (SSSR count). The van der Waals surface area contributed by atoms with Crippen LogP contribution in [0.1, 0.15) is 15.9 Å². The molecule has 0 saturated heterocycles. The van der Waals surface area contributed by atoms with Crippen molar-refractivity contribution in [3.05, 3.63) is 90.0 Å². The van der Waals surface area contributed by atoms with E-state index in [0.717, 1.165) is 11.1 Å². The first-order chi connectivity index (χ1) is 12.6. The zero-order valence-electron chi connectivity index (χ0n) is 13.8. The number of hydrogen-bond donors (Lipinski definition) is 1. The van der Waals surface area contributed by atoms with E-state index in [4.69, 9.17) is 9.47 Å². The van der Waals surface area contributed by atoms with Gasteiger partial charge in [-0.2, -0.15) is 0 Å². The zero-order valence-corrected chi connectivity index (χ0v) is 13.8. The number of benzene rings is 3. The third kappa shape index (κ3) is 4.27. The van der Waals surface area contributed by atoms with Crippen molar-refractivity contribution in [1.82, 2.24) is 0 Å². The zero-order chi connectivity index (χ0) is 18.4. The molecule has 0 atom stereocenters. The Morgan fingerprint density at radius 2 is 1.50 bits per heavy atom. The summed E-state index contributed by atoms with van der Waals surface area (Å²) in [5.74, 6) is -0.971. The van der Waals surface area contributed by atoms with Crippen LogP contribution in [0.3, 0.4) is 0 Å². The summed E-state index contributed by atoms with van der Waals surface area (Å²) in [5.41, 5.74) is 2.25. The van der Waals surface area contributed by atoms with Gasteiger partial charge in [0.05, 0.1) is 5.56 Å². The van der Waals surface area contributed by atoms with Gasteiger partial charge >= 0.3 is 12.1 Å². The number of hydrogen-bond acceptors (Lipinski definition) is 4. The highest BCUT2D eigenvalue weighted by Crippen LogP contribution is 2.31. The van der Waals surface area contributed by atoms with Gasteiger partial charge in [-0.25, -0.2) is 9.59 Å². The van der Waals surface area contributed by atoms with Gasteiger partial charge in [0, 0.05) is 5.56 Å². The molecule has 3 aromatic rings. The number of carbonyl (C=O) groups excluding carboxylic acids is 1. The minimum absolute atomic E-state index is 0.0236. The second kappa shape index (κ2) is 7.98. The molecule has 3 aromatic carbocycles. The summed E-state index contributed by atoms with van der Waals surface area (Å²) in [7, 11) is 0. The van der Waals surface area contributed by atoms with Crippen LogP contribution in [-0.4, -0.2) is 17.2 Å². The van der Waals surface area contributed by atoms with Gasteiger partial charge in [-0.3, -0.25) is 0 Å². The highest BCUT2D eigenvalue weighted by molar-refractivity contribution is 5.90. The van der Waals surface area contributed by atoms with Crippen molar-refractivity contribution in [2.24, 2.45) is 0 Å². The molecule has 0 aliphatic carbocycles. The second-order valence-corrected chi connectivity index (χ2v) is 5.51. The molecule has 0 bridgehead atoms. The number of rotatable bonds is 5. The molecule has 5 nitrogen and oxygen atoms in total. The molecule has 0 fully saturated rings. The Bertz CT molecular complexity index is 904. The van der Waals surface area contributed by atoms with Crippen LogP contribution >= 0.6 is 0 Å². The standard InChI is InChI=1S/C21H16O5/c22-20(23)17-11-12-18(16-9-5-2-6-10-16)19(13-17)26-21(24)25-14-15-7-3-1-4-8-15/h1-13H,14H2,(H,22,23). The fraction of sp³-hybridized carbons (Fsp3) is 0.0476. The van der Waals surface area contributed by atoms with E-state index in [9.17, 15) is 14.7 Å². The van der Waals surface area contributed by atoms with Crippen LogP contribution in [-0.2, 0) is 11.3 Å². The highest BCUT2D eigenvalue weighted by Gasteiger charge is 2.15. The van der Waals surface area contributed by atoms with E-state index in [0.29, 0.717) is 5.56 Å². The number of aromatic carboxylic acids is 1. The molecule has 0 aliphatic rings. The summed E-state index contributed by atoms with van der Waals surface area (Å²) in [5, 5.41) is 9.19. The van der Waals surface area contributed by atoms with Gasteiger partial charge in [-0.1, -0.05) is 60.7 Å². The molecule has 0 aromatic heterocycles. The van der Waals surface area contributed by atoms with E-state index in [1.54, 1.807) is 6.07 Å². The van der Waals surface area contributed by atoms with Crippen LogP contribution < -0.4 is 4.74 Å². The normalized spacial score (nSPS) is 10.2. The van der Waals surface area contributed by atoms with Crippen molar-refractivity contribution in [3.63, 3.8) is 0 Å². The van der Waals surface area contributed by atoms with E-state index in [2.05, 4.69) is 0 Å². The Hall–Kier alpha value is -3.60. The summed E-state index contributed by atoms with van der Waals surface area (Å²) in [6.07, 6.45) is -0.895. The van der Waals surface area contributed by atoms with Crippen LogP contribution in [0.5, 0.6) is 5.75 Å². The molecular weight excluding hydrogens is 332 g/mol. The third-order valence-electron chi connectivity index (χ3n) is 3.71. The average Bonchev–Trinajstić information content (AvgIpc) is 2.68. The second-order valence-electron chi connectivity index (χ2n) is 5.51. The van der Waals surface area contributed by atoms with Gasteiger partial charge in [0.1, 0.15) is 12.4 Å². The predicted molar refractivity (Wildman–Crippen MR) is 96.1 cm³/mol. The van der Waals surface area contributed by atoms with Crippen LogP contribution in [0.25, 0.3) is 11.1 Å².